The summed E-state index contributed by atoms with van der Waals surface area (Å²) in [7, 11) is -4.80. The maximum atomic E-state index is 14.9. The largest absolute Gasteiger partial charge is 0.417 e. The summed E-state index contributed by atoms with van der Waals surface area (Å²) in [6, 6.07) is 2.25. The number of carbonyl (C=O) groups excluding carboxylic acids is 1. The van der Waals surface area contributed by atoms with Gasteiger partial charge in [0.25, 0.3) is 5.91 Å². The Balaban J connectivity index is 2.44. The first-order chi connectivity index (χ1) is 18.0. The number of hydrogen-bond donors (Lipinski definition) is 1. The maximum Gasteiger partial charge on any atom is 0.417 e. The molecular formula is C23H17Cl2F10NO3S. The van der Waals surface area contributed by atoms with E-state index in [1.165, 1.54) is 0 Å². The number of carbonyl (C=O) groups is 1. The first kappa shape index (κ1) is 33.7. The molecule has 0 aliphatic carbocycles. The molecule has 0 saturated carbocycles. The van der Waals surface area contributed by atoms with Crippen LogP contribution in [0.2, 0.25) is 10.0 Å². The van der Waals surface area contributed by atoms with Crippen molar-refractivity contribution in [2.24, 2.45) is 0 Å². The van der Waals surface area contributed by atoms with E-state index in [-0.39, 0.29) is 22.2 Å². The molecule has 17 heteroatoms. The quantitative estimate of drug-likeness (QED) is 0.298. The van der Waals surface area contributed by atoms with E-state index in [0.29, 0.717) is 12.1 Å². The number of rotatable bonds is 8. The molecule has 0 radical (unpaired) electrons. The fourth-order valence-corrected chi connectivity index (χ4v) is 5.54. The predicted octanol–water partition coefficient (Wildman–Crippen LogP) is 7.76. The standard InChI is InChI=1S/C23H17Cl2F10NO3S/c1-11(9-40(38,39)10-21(27,28)29)36-20(37)16-3-2-12(6-18(16)23(33,34)35)19(26)8-17(22(30,31)32)13-4-14(24)7-15(25)5-13/h2-8,11,17H,9-10H2,1H3,(H,36,37)/b19-8-/t11-,17?/m1/s1. The molecule has 1 unspecified atom stereocenters. The molecule has 2 atom stereocenters. The van der Waals surface area contributed by atoms with Crippen LogP contribution in [0.1, 0.15) is 39.9 Å². The van der Waals surface area contributed by atoms with Crippen LogP contribution in [-0.2, 0) is 16.0 Å². The van der Waals surface area contributed by atoms with Crippen molar-refractivity contribution in [3.8, 4) is 0 Å². The van der Waals surface area contributed by atoms with Crippen LogP contribution in [0, 0.1) is 0 Å². The van der Waals surface area contributed by atoms with Crippen LogP contribution in [-0.4, -0.2) is 44.2 Å². The Bertz CT molecular complexity index is 1370. The molecule has 0 aliphatic rings. The third-order valence-corrected chi connectivity index (χ3v) is 7.23. The molecule has 0 saturated heterocycles. The van der Waals surface area contributed by atoms with Crippen molar-refractivity contribution in [2.45, 2.75) is 37.4 Å². The van der Waals surface area contributed by atoms with Crippen molar-refractivity contribution in [1.82, 2.24) is 5.32 Å². The second-order valence-electron chi connectivity index (χ2n) is 8.54. The molecular weight excluding hydrogens is 631 g/mol. The summed E-state index contributed by atoms with van der Waals surface area (Å²) in [6.07, 6.45) is -15.6. The summed E-state index contributed by atoms with van der Waals surface area (Å²) in [4.78, 5) is 12.4. The molecule has 2 aromatic carbocycles. The van der Waals surface area contributed by atoms with E-state index in [4.69, 9.17) is 23.2 Å². The van der Waals surface area contributed by atoms with Crippen molar-refractivity contribution >= 4 is 44.8 Å². The molecule has 4 nitrogen and oxygen atoms in total. The maximum absolute atomic E-state index is 14.9. The molecule has 222 valence electrons. The number of allylic oxidation sites excluding steroid dienone is 1. The highest BCUT2D eigenvalue weighted by atomic mass is 35.5. The lowest BCUT2D eigenvalue weighted by atomic mass is 9.95. The Hall–Kier alpha value is -2.52. The van der Waals surface area contributed by atoms with Gasteiger partial charge in [0.15, 0.2) is 9.84 Å². The van der Waals surface area contributed by atoms with Crippen molar-refractivity contribution in [3.63, 3.8) is 0 Å². The van der Waals surface area contributed by atoms with Gasteiger partial charge < -0.3 is 5.32 Å². The van der Waals surface area contributed by atoms with E-state index in [9.17, 15) is 57.1 Å². The van der Waals surface area contributed by atoms with Crippen molar-refractivity contribution in [1.29, 1.82) is 0 Å². The molecule has 0 aliphatic heterocycles. The van der Waals surface area contributed by atoms with Gasteiger partial charge >= 0.3 is 18.5 Å². The van der Waals surface area contributed by atoms with Gasteiger partial charge in [0, 0.05) is 21.7 Å². The molecule has 2 aromatic rings. The van der Waals surface area contributed by atoms with Crippen LogP contribution >= 0.6 is 23.2 Å². The molecule has 40 heavy (non-hydrogen) atoms. The first-order valence-corrected chi connectivity index (χ1v) is 13.3. The van der Waals surface area contributed by atoms with Crippen molar-refractivity contribution < 1.29 is 57.1 Å². The van der Waals surface area contributed by atoms with Gasteiger partial charge in [-0.05, 0) is 48.9 Å². The predicted molar refractivity (Wildman–Crippen MR) is 127 cm³/mol. The van der Waals surface area contributed by atoms with Gasteiger partial charge in [0.05, 0.1) is 16.9 Å². The summed E-state index contributed by atoms with van der Waals surface area (Å²) in [5.74, 6) is -9.49. The number of benzene rings is 2. The minimum absolute atomic E-state index is 0.00912. The average molecular weight is 648 g/mol. The second kappa shape index (κ2) is 12.1. The van der Waals surface area contributed by atoms with Crippen LogP contribution in [0.15, 0.2) is 42.5 Å². The number of hydrogen-bond acceptors (Lipinski definition) is 3. The van der Waals surface area contributed by atoms with E-state index < -0.39 is 85.8 Å². The van der Waals surface area contributed by atoms with Crippen LogP contribution in [0.4, 0.5) is 43.9 Å². The topological polar surface area (TPSA) is 63.2 Å². The van der Waals surface area contributed by atoms with E-state index >= 15 is 0 Å². The van der Waals surface area contributed by atoms with Gasteiger partial charge in [-0.25, -0.2) is 12.8 Å². The number of halogens is 12. The van der Waals surface area contributed by atoms with Gasteiger partial charge in [-0.1, -0.05) is 29.3 Å². The van der Waals surface area contributed by atoms with E-state index in [1.54, 1.807) is 0 Å². The fourth-order valence-electron chi connectivity index (χ4n) is 3.53. The van der Waals surface area contributed by atoms with Gasteiger partial charge in [0.2, 0.25) is 0 Å². The van der Waals surface area contributed by atoms with Gasteiger partial charge in [0.1, 0.15) is 17.5 Å². The van der Waals surface area contributed by atoms with E-state index in [1.807, 2.05) is 5.32 Å². The molecule has 2 rings (SSSR count). The minimum Gasteiger partial charge on any atom is -0.349 e. The molecule has 1 N–H and O–H groups in total. The van der Waals surface area contributed by atoms with Gasteiger partial charge in [-0.2, -0.15) is 39.5 Å². The summed E-state index contributed by atoms with van der Waals surface area (Å²) in [5.41, 5.74) is -4.59. The average Bonchev–Trinajstić information content (AvgIpc) is 2.72. The van der Waals surface area contributed by atoms with Crippen molar-refractivity contribution in [2.75, 3.05) is 11.5 Å². The molecule has 0 fully saturated rings. The smallest absolute Gasteiger partial charge is 0.349 e. The van der Waals surface area contributed by atoms with E-state index in [2.05, 4.69) is 0 Å². The zero-order chi connectivity index (χ0) is 30.8. The fraction of sp³-hybridized carbons (Fsp3) is 0.348. The monoisotopic (exact) mass is 647 g/mol. The van der Waals surface area contributed by atoms with Gasteiger partial charge in [-0.3, -0.25) is 4.79 Å². The second-order valence-corrected chi connectivity index (χ2v) is 11.5. The number of nitrogens with one attached hydrogen (secondary N) is 1. The Morgan fingerprint density at radius 2 is 1.50 bits per heavy atom. The first-order valence-electron chi connectivity index (χ1n) is 10.7. The van der Waals surface area contributed by atoms with Crippen LogP contribution in [0.5, 0.6) is 0 Å². The van der Waals surface area contributed by atoms with E-state index in [0.717, 1.165) is 25.1 Å². The summed E-state index contributed by atoms with van der Waals surface area (Å²) in [5, 5.41) is 1.37. The lowest BCUT2D eigenvalue weighted by Gasteiger charge is -2.19. The summed E-state index contributed by atoms with van der Waals surface area (Å²) in [6.45, 7) is 0.926. The molecule has 0 aromatic heterocycles. The zero-order valence-corrected chi connectivity index (χ0v) is 22.1. The van der Waals surface area contributed by atoms with Crippen LogP contribution < -0.4 is 5.32 Å². The number of amides is 1. The molecule has 0 spiro atoms. The Morgan fingerprint density at radius 1 is 0.950 bits per heavy atom. The summed E-state index contributed by atoms with van der Waals surface area (Å²) < 4.78 is 157. The molecule has 0 heterocycles. The third-order valence-electron chi connectivity index (χ3n) is 5.02. The number of alkyl halides is 9. The zero-order valence-electron chi connectivity index (χ0n) is 19.8. The Labute approximate surface area is 230 Å². The normalized spacial score (nSPS) is 15.1. The lowest BCUT2D eigenvalue weighted by Crippen LogP contribution is -2.40. The minimum atomic E-state index is -5.35. The van der Waals surface area contributed by atoms with Crippen molar-refractivity contribution in [3.05, 3.63) is 74.8 Å². The van der Waals surface area contributed by atoms with Gasteiger partial charge in [-0.15, -0.1) is 0 Å². The third kappa shape index (κ3) is 9.84. The molecule has 1 amide bonds. The van der Waals surface area contributed by atoms with Crippen LogP contribution in [0.25, 0.3) is 5.83 Å². The number of sulfone groups is 1. The summed E-state index contributed by atoms with van der Waals surface area (Å²) >= 11 is 11.4. The van der Waals surface area contributed by atoms with Crippen LogP contribution in [0.3, 0.4) is 0 Å². The highest BCUT2D eigenvalue weighted by Gasteiger charge is 2.41. The Kier molecular flexibility index (Phi) is 10.2. The SMILES string of the molecule is C[C@H](CS(=O)(=O)CC(F)(F)F)NC(=O)c1ccc(/C(F)=C/C(c2cc(Cl)cc(Cl)c2)C(F)(F)F)cc1C(F)(F)F. The molecule has 0 bridgehead atoms. The highest BCUT2D eigenvalue weighted by Crippen LogP contribution is 2.41. The Morgan fingerprint density at radius 3 is 1.98 bits per heavy atom. The lowest BCUT2D eigenvalue weighted by molar-refractivity contribution is -0.140. The highest BCUT2D eigenvalue weighted by molar-refractivity contribution is 7.91.